The number of hydrogen-bond donors (Lipinski definition) is 1. The molecule has 0 amide bonds. The zero-order valence-electron chi connectivity index (χ0n) is 21.4. The average Bonchev–Trinajstić information content (AvgIpc) is 3.16. The van der Waals surface area contributed by atoms with Gasteiger partial charge in [0.2, 0.25) is 5.88 Å². The fraction of sp³-hybridized carbons (Fsp3) is 0.300. The van der Waals surface area contributed by atoms with Crippen LogP contribution in [0, 0.1) is 24.5 Å². The number of benzene rings is 3. The summed E-state index contributed by atoms with van der Waals surface area (Å²) in [4.78, 5) is 2.17. The minimum Gasteiger partial charge on any atom is -0.435 e. The molecule has 3 aromatic carbocycles. The van der Waals surface area contributed by atoms with Gasteiger partial charge in [-0.25, -0.2) is 13.5 Å². The highest BCUT2D eigenvalue weighted by molar-refractivity contribution is 5.43. The van der Waals surface area contributed by atoms with E-state index in [9.17, 15) is 13.9 Å². The van der Waals surface area contributed by atoms with Crippen LogP contribution in [-0.2, 0) is 13.0 Å². The predicted molar refractivity (Wildman–Crippen MR) is 141 cm³/mol. The number of para-hydroxylation sites is 1. The van der Waals surface area contributed by atoms with Crippen molar-refractivity contribution in [1.82, 2.24) is 14.7 Å². The molecule has 7 heteroatoms. The topological polar surface area (TPSA) is 50.5 Å². The summed E-state index contributed by atoms with van der Waals surface area (Å²) in [5.74, 6) is -0.831. The molecule has 0 fully saturated rings. The number of ether oxygens (including phenoxy) is 1. The predicted octanol–water partition coefficient (Wildman–Crippen LogP) is 6.31. The van der Waals surface area contributed by atoms with E-state index < -0.39 is 17.7 Å². The normalized spacial score (nSPS) is 12.3. The number of rotatable bonds is 11. The lowest BCUT2D eigenvalue weighted by Crippen LogP contribution is -2.35. The Labute approximate surface area is 216 Å². The van der Waals surface area contributed by atoms with Gasteiger partial charge in [0.25, 0.3) is 0 Å². The maximum atomic E-state index is 14.6. The summed E-state index contributed by atoms with van der Waals surface area (Å²) in [7, 11) is 0. The third-order valence-electron chi connectivity index (χ3n) is 6.03. The number of aliphatic hydroxyl groups is 1. The van der Waals surface area contributed by atoms with E-state index >= 15 is 0 Å². The smallest absolute Gasteiger partial charge is 0.227 e. The SMILES string of the molecule is Cc1nn(-c2ccccc2)c(Oc2ccc(F)cc2F)c1CN(CC(C)C)C[C@H](O)Cc1ccccc1. The Kier molecular flexibility index (Phi) is 8.69. The van der Waals surface area contributed by atoms with Gasteiger partial charge < -0.3 is 9.84 Å². The maximum Gasteiger partial charge on any atom is 0.227 e. The molecule has 0 aliphatic carbocycles. The van der Waals surface area contributed by atoms with Gasteiger partial charge >= 0.3 is 0 Å². The molecule has 0 aliphatic rings. The van der Waals surface area contributed by atoms with Gasteiger partial charge in [0.15, 0.2) is 11.6 Å². The summed E-state index contributed by atoms with van der Waals surface area (Å²) in [6.07, 6.45) is -0.0218. The van der Waals surface area contributed by atoms with Crippen LogP contribution in [0.2, 0.25) is 0 Å². The maximum absolute atomic E-state index is 14.6. The van der Waals surface area contributed by atoms with Gasteiger partial charge in [0, 0.05) is 25.7 Å². The highest BCUT2D eigenvalue weighted by Crippen LogP contribution is 2.33. The molecule has 194 valence electrons. The molecule has 0 saturated heterocycles. The molecule has 0 saturated carbocycles. The number of aryl methyl sites for hydroxylation is 1. The molecule has 1 atom stereocenters. The molecular weight excluding hydrogens is 472 g/mol. The van der Waals surface area contributed by atoms with Gasteiger partial charge in [-0.2, -0.15) is 5.10 Å². The Balaban J connectivity index is 1.66. The van der Waals surface area contributed by atoms with Crippen molar-refractivity contribution in [3.63, 3.8) is 0 Å². The lowest BCUT2D eigenvalue weighted by atomic mass is 10.1. The van der Waals surface area contributed by atoms with Crippen molar-refractivity contribution in [2.45, 2.75) is 39.8 Å². The van der Waals surface area contributed by atoms with Crippen molar-refractivity contribution in [2.24, 2.45) is 5.92 Å². The number of aliphatic hydroxyl groups excluding tert-OH is 1. The molecule has 4 aromatic rings. The molecule has 0 aliphatic heterocycles. The number of nitrogens with zero attached hydrogens (tertiary/aromatic N) is 3. The van der Waals surface area contributed by atoms with Crippen LogP contribution in [0.3, 0.4) is 0 Å². The number of hydrogen-bond acceptors (Lipinski definition) is 4. The molecule has 0 radical (unpaired) electrons. The van der Waals surface area contributed by atoms with Crippen molar-refractivity contribution in [3.8, 4) is 17.3 Å². The van der Waals surface area contributed by atoms with Crippen LogP contribution >= 0.6 is 0 Å². The second-order valence-corrected chi connectivity index (χ2v) is 9.72. The van der Waals surface area contributed by atoms with Crippen molar-refractivity contribution < 1.29 is 18.6 Å². The van der Waals surface area contributed by atoms with Crippen LogP contribution in [-0.4, -0.2) is 39.0 Å². The summed E-state index contributed by atoms with van der Waals surface area (Å²) in [6.45, 7) is 7.78. The fourth-order valence-electron chi connectivity index (χ4n) is 4.42. The quantitative estimate of drug-likeness (QED) is 0.259. The molecule has 0 spiro atoms. The van der Waals surface area contributed by atoms with E-state index in [1.165, 1.54) is 12.1 Å². The van der Waals surface area contributed by atoms with E-state index in [0.29, 0.717) is 31.3 Å². The standard InChI is InChI=1S/C30H33F2N3O2/c1-21(2)18-34(19-26(36)16-23-10-6-4-7-11-23)20-27-22(3)33-35(25-12-8-5-9-13-25)30(27)37-29-15-14-24(31)17-28(29)32/h4-15,17,21,26,36H,16,18-20H2,1-3H3/t26-/m1/s1. The summed E-state index contributed by atoms with van der Waals surface area (Å²) >= 11 is 0. The first-order valence-corrected chi connectivity index (χ1v) is 12.5. The van der Waals surface area contributed by atoms with E-state index in [4.69, 9.17) is 9.84 Å². The summed E-state index contributed by atoms with van der Waals surface area (Å²) in [5, 5.41) is 15.6. The third kappa shape index (κ3) is 7.02. The van der Waals surface area contributed by atoms with E-state index in [1.807, 2.05) is 67.6 Å². The fourth-order valence-corrected chi connectivity index (χ4v) is 4.42. The number of aromatic nitrogens is 2. The first-order chi connectivity index (χ1) is 17.8. The van der Waals surface area contributed by atoms with Crippen molar-refractivity contribution >= 4 is 0 Å². The minimum absolute atomic E-state index is 0.0840. The minimum atomic E-state index is -0.790. The van der Waals surface area contributed by atoms with E-state index in [2.05, 4.69) is 18.7 Å². The van der Waals surface area contributed by atoms with Crippen molar-refractivity contribution in [1.29, 1.82) is 0 Å². The summed E-state index contributed by atoms with van der Waals surface area (Å²) in [5.41, 5.74) is 3.34. The number of halogens is 2. The molecule has 0 unspecified atom stereocenters. The van der Waals surface area contributed by atoms with Crippen LogP contribution in [0.5, 0.6) is 11.6 Å². The Morgan fingerprint density at radius 2 is 1.62 bits per heavy atom. The van der Waals surface area contributed by atoms with E-state index in [1.54, 1.807) is 4.68 Å². The molecule has 1 heterocycles. The van der Waals surface area contributed by atoms with Gasteiger partial charge in [-0.05, 0) is 49.1 Å². The molecule has 37 heavy (non-hydrogen) atoms. The van der Waals surface area contributed by atoms with Crippen LogP contribution < -0.4 is 4.74 Å². The van der Waals surface area contributed by atoms with Crippen molar-refractivity contribution in [3.05, 3.63) is 107 Å². The molecular formula is C30H33F2N3O2. The molecule has 1 aromatic heterocycles. The summed E-state index contributed by atoms with van der Waals surface area (Å²) < 4.78 is 35.8. The Hall–Kier alpha value is -3.55. The van der Waals surface area contributed by atoms with Crippen LogP contribution in [0.4, 0.5) is 8.78 Å². The van der Waals surface area contributed by atoms with Crippen LogP contribution in [0.15, 0.2) is 78.9 Å². The largest absolute Gasteiger partial charge is 0.435 e. The zero-order valence-corrected chi connectivity index (χ0v) is 21.4. The molecule has 4 rings (SSSR count). The second-order valence-electron chi connectivity index (χ2n) is 9.72. The second kappa shape index (κ2) is 12.1. The van der Waals surface area contributed by atoms with Gasteiger partial charge in [-0.3, -0.25) is 4.90 Å². The Morgan fingerprint density at radius 3 is 2.27 bits per heavy atom. The van der Waals surface area contributed by atoms with Crippen molar-refractivity contribution in [2.75, 3.05) is 13.1 Å². The molecule has 0 bridgehead atoms. The Bertz CT molecular complexity index is 1290. The molecule has 5 nitrogen and oxygen atoms in total. The first kappa shape index (κ1) is 26.5. The highest BCUT2D eigenvalue weighted by Gasteiger charge is 2.24. The van der Waals surface area contributed by atoms with Gasteiger partial charge in [-0.15, -0.1) is 0 Å². The van der Waals surface area contributed by atoms with Gasteiger partial charge in [0.1, 0.15) is 5.82 Å². The Morgan fingerprint density at radius 1 is 0.946 bits per heavy atom. The third-order valence-corrected chi connectivity index (χ3v) is 6.03. The lowest BCUT2D eigenvalue weighted by molar-refractivity contribution is 0.101. The van der Waals surface area contributed by atoms with Gasteiger partial charge in [-0.1, -0.05) is 62.4 Å². The highest BCUT2D eigenvalue weighted by atomic mass is 19.1. The summed E-state index contributed by atoms with van der Waals surface area (Å²) in [6, 6.07) is 22.6. The average molecular weight is 506 g/mol. The van der Waals surface area contributed by atoms with E-state index in [0.717, 1.165) is 35.1 Å². The zero-order chi connectivity index (χ0) is 26.4. The lowest BCUT2D eigenvalue weighted by Gasteiger charge is -2.27. The van der Waals surface area contributed by atoms with E-state index in [-0.39, 0.29) is 5.75 Å². The van der Waals surface area contributed by atoms with Gasteiger partial charge in [0.05, 0.1) is 23.0 Å². The monoisotopic (exact) mass is 505 g/mol. The van der Waals surface area contributed by atoms with Crippen LogP contribution in [0.25, 0.3) is 5.69 Å². The van der Waals surface area contributed by atoms with Crippen LogP contribution in [0.1, 0.15) is 30.7 Å². The molecule has 1 N–H and O–H groups in total. The first-order valence-electron chi connectivity index (χ1n) is 12.5.